The number of hydrogen-bond acceptors (Lipinski definition) is 23. The van der Waals surface area contributed by atoms with E-state index in [-0.39, 0.29) is 24.4 Å². The van der Waals surface area contributed by atoms with Crippen molar-refractivity contribution in [2.24, 2.45) is 15.5 Å². The highest BCUT2D eigenvalue weighted by atomic mass is 32.2. The van der Waals surface area contributed by atoms with Gasteiger partial charge in [0.05, 0.1) is 20.8 Å². The van der Waals surface area contributed by atoms with Crippen molar-refractivity contribution in [1.29, 1.82) is 0 Å². The molecule has 86 heavy (non-hydrogen) atoms. The van der Waals surface area contributed by atoms with Gasteiger partial charge in [0.2, 0.25) is 0 Å². The molecular weight excluding hydrogens is 1290 g/mol. The van der Waals surface area contributed by atoms with E-state index in [4.69, 9.17) is 18.7 Å². The monoisotopic (exact) mass is 1330 g/mol. The molecule has 0 aromatic heterocycles. The summed E-state index contributed by atoms with van der Waals surface area (Å²) in [5.74, 6) is -8.75. The number of carbonyl (C=O) groups excluding carboxylic acids is 5. The van der Waals surface area contributed by atoms with Crippen LogP contribution in [0, 0.1) is 0 Å². The summed E-state index contributed by atoms with van der Waals surface area (Å²) < 4.78 is 289. The van der Waals surface area contributed by atoms with Crippen molar-refractivity contribution in [2.45, 2.75) is 49.1 Å². The van der Waals surface area contributed by atoms with Crippen molar-refractivity contribution >= 4 is 78.8 Å². The van der Waals surface area contributed by atoms with Crippen LogP contribution in [-0.4, -0.2) is 158 Å². The molecule has 2 N–H and O–H groups in total. The summed E-state index contributed by atoms with van der Waals surface area (Å²) in [5, 5.41) is 12.5. The van der Waals surface area contributed by atoms with Gasteiger partial charge in [-0.2, -0.15) is 95.5 Å². The number of hydrogen-bond donors (Lipinski definition) is 2. The van der Waals surface area contributed by atoms with Crippen LogP contribution in [0.2, 0.25) is 0 Å². The number of halogens is 16. The zero-order chi connectivity index (χ0) is 67.7. The number of aliphatic hydroxyl groups is 1. The van der Waals surface area contributed by atoms with Crippen LogP contribution in [0.15, 0.2) is 131 Å². The quantitative estimate of drug-likeness (QED) is 0.0186. The molecule has 3 rings (SSSR count). The number of esters is 5. The Kier molecular flexibility index (Phi) is 35.2. The molecule has 3 aromatic rings. The number of rotatable bonds is 18. The standard InChI is InChI=1S/C16H14F5NO7S.C11H8F5NO5S.C8H6F3NO.C6H10O3.C3H3F3O2.O2S/c1-10(2)13(23)27-8-9-28-14(24)16(20,21)30(25,26)29-22-12(15(17,18)19)11-6-4-3-5-7-11;1-21-9(18)11(15,16)23(19,20)22-17-8(10(12,13)14)7-5-3-2-4-6-7;9-8(10,11)7(12-13)6-4-2-1-3-5-6;1-5(2)6(8)9-4-3-7;1-8-2(7)3(4,5)6;1-3-2/h3-7H,1,8-9H2,2H3;2-6H,1H3;1-5,13H;7H,1,3-4H2,2H3;1H3;/b22-12-;17-8-;12-7-;;;. The molecule has 0 aliphatic heterocycles. The first-order valence-corrected chi connectivity index (χ1v) is 24.7. The summed E-state index contributed by atoms with van der Waals surface area (Å²) in [4.78, 5) is 53.0. The van der Waals surface area contributed by atoms with Crippen LogP contribution in [0.5, 0.6) is 0 Å². The predicted octanol–water partition coefficient (Wildman–Crippen LogP) is 7.20. The normalized spacial score (nSPS) is 12.1. The van der Waals surface area contributed by atoms with E-state index in [1.165, 1.54) is 55.5 Å². The minimum Gasteiger partial charge on any atom is -0.464 e. The van der Waals surface area contributed by atoms with E-state index in [9.17, 15) is 111 Å². The summed E-state index contributed by atoms with van der Waals surface area (Å²) in [6.45, 7) is 7.64. The molecule has 0 saturated carbocycles. The molecule has 0 saturated heterocycles. The largest absolute Gasteiger partial charge is 0.490 e. The van der Waals surface area contributed by atoms with Crippen molar-refractivity contribution in [3.05, 3.63) is 132 Å². The number of alkyl halides is 16. The van der Waals surface area contributed by atoms with E-state index in [2.05, 4.69) is 60.9 Å². The number of oxime groups is 3. The van der Waals surface area contributed by atoms with Gasteiger partial charge in [-0.15, -0.1) is 0 Å². The Morgan fingerprint density at radius 1 is 0.477 bits per heavy atom. The van der Waals surface area contributed by atoms with Crippen molar-refractivity contribution < 1.29 is 162 Å². The van der Waals surface area contributed by atoms with E-state index < -0.39 is 138 Å². The van der Waals surface area contributed by atoms with Gasteiger partial charge >= 0.3 is 96.9 Å². The summed E-state index contributed by atoms with van der Waals surface area (Å²) in [5.41, 5.74) is -6.24. The van der Waals surface area contributed by atoms with Crippen LogP contribution in [0.4, 0.5) is 70.2 Å². The summed E-state index contributed by atoms with van der Waals surface area (Å²) in [6.07, 6.45) is -19.9. The average Bonchev–Trinajstić information content (AvgIpc) is 1.16. The Bertz CT molecular complexity index is 3070. The van der Waals surface area contributed by atoms with E-state index in [1.54, 1.807) is 13.0 Å². The minimum absolute atomic E-state index is 0.0422. The lowest BCUT2D eigenvalue weighted by Gasteiger charge is -2.15. The second-order valence-corrected chi connectivity index (χ2v) is 17.5. The number of carbonyl (C=O) groups is 5. The third-order valence-corrected chi connectivity index (χ3v) is 9.91. The third kappa shape index (κ3) is 29.8. The third-order valence-electron chi connectivity index (χ3n) is 7.78. The van der Waals surface area contributed by atoms with Gasteiger partial charge in [0.15, 0.2) is 17.1 Å². The predicted molar refractivity (Wildman–Crippen MR) is 257 cm³/mol. The summed E-state index contributed by atoms with van der Waals surface area (Å²) in [6, 6.07) is 17.8. The second-order valence-electron chi connectivity index (χ2n) is 14.3. The fraction of sp³-hybridized carbons (Fsp3) is 0.318. The lowest BCUT2D eigenvalue weighted by molar-refractivity contribution is -0.196. The molecule has 0 aliphatic carbocycles. The molecule has 0 spiro atoms. The van der Waals surface area contributed by atoms with Gasteiger partial charge in [-0.25, -0.2) is 24.0 Å². The summed E-state index contributed by atoms with van der Waals surface area (Å²) in [7, 11) is -11.3. The molecule has 3 aromatic carbocycles. The highest BCUT2D eigenvalue weighted by Gasteiger charge is 2.59. The fourth-order valence-electron chi connectivity index (χ4n) is 4.04. The highest BCUT2D eigenvalue weighted by molar-refractivity contribution is 7.88. The van der Waals surface area contributed by atoms with Gasteiger partial charge in [0.1, 0.15) is 19.8 Å². The van der Waals surface area contributed by atoms with E-state index in [0.717, 1.165) is 36.4 Å². The number of aliphatic hydroxyl groups excluding tert-OH is 1. The zero-order valence-corrected chi connectivity index (χ0v) is 45.7. The van der Waals surface area contributed by atoms with Gasteiger partial charge in [0.25, 0.3) is 0 Å². The average molecular weight is 1330 g/mol. The van der Waals surface area contributed by atoms with E-state index >= 15 is 0 Å². The molecular formula is C44H41F16N3O20S3. The Morgan fingerprint density at radius 3 is 1.00 bits per heavy atom. The fourth-order valence-corrected chi connectivity index (χ4v) is 5.13. The Hall–Kier alpha value is -8.54. The molecule has 482 valence electrons. The van der Waals surface area contributed by atoms with Crippen molar-refractivity contribution in [2.75, 3.05) is 40.6 Å². The molecule has 0 unspecified atom stereocenters. The topological polar surface area (TPSA) is 330 Å². The molecule has 0 atom stereocenters. The van der Waals surface area contributed by atoms with E-state index in [1.807, 2.05) is 0 Å². The molecule has 0 aliphatic rings. The molecule has 0 fully saturated rings. The number of ether oxygens (including phenoxy) is 5. The maximum absolute atomic E-state index is 13.8. The van der Waals surface area contributed by atoms with Crippen LogP contribution < -0.4 is 0 Å². The van der Waals surface area contributed by atoms with Gasteiger partial charge in [-0.1, -0.05) is 120 Å². The Morgan fingerprint density at radius 2 is 0.756 bits per heavy atom. The lowest BCUT2D eigenvalue weighted by Crippen LogP contribution is -2.40. The van der Waals surface area contributed by atoms with Crippen molar-refractivity contribution in [3.8, 4) is 0 Å². The van der Waals surface area contributed by atoms with Crippen LogP contribution in [0.3, 0.4) is 0 Å². The number of benzene rings is 3. The van der Waals surface area contributed by atoms with Gasteiger partial charge < -0.3 is 34.0 Å². The maximum Gasteiger partial charge on any atom is 0.490 e. The van der Waals surface area contributed by atoms with Crippen molar-refractivity contribution in [1.82, 2.24) is 0 Å². The maximum atomic E-state index is 13.8. The SMILES string of the molecule is C=C(C)C(=O)OCCO.C=C(C)C(=O)OCCOC(=O)C(F)(F)S(=O)(=O)O/N=C(/c1ccccc1)C(F)(F)F.COC(=O)C(F)(F)F.COC(=O)C(F)(F)S(=O)(=O)O/N=C(/c1ccccc1)C(F)(F)F.O/N=C(/c1ccccc1)C(F)(F)F.O=S=O. The summed E-state index contributed by atoms with van der Waals surface area (Å²) >= 11 is -0.750. The second kappa shape index (κ2) is 37.0. The van der Waals surface area contributed by atoms with Crippen LogP contribution in [0.1, 0.15) is 30.5 Å². The van der Waals surface area contributed by atoms with Gasteiger partial charge in [0, 0.05) is 27.8 Å². The van der Waals surface area contributed by atoms with Crippen LogP contribution in [-0.2, 0) is 88.0 Å². The Labute approximate surface area is 476 Å². The number of nitrogens with zero attached hydrogens (tertiary/aromatic N) is 3. The van der Waals surface area contributed by atoms with Gasteiger partial charge in [-0.3, -0.25) is 8.57 Å². The van der Waals surface area contributed by atoms with Crippen LogP contribution >= 0.6 is 0 Å². The minimum atomic E-state index is -6.31. The first kappa shape index (κ1) is 81.7. The van der Waals surface area contributed by atoms with E-state index in [0.29, 0.717) is 19.8 Å². The molecule has 0 amide bonds. The number of methoxy groups -OCH3 is 2. The van der Waals surface area contributed by atoms with Crippen LogP contribution in [0.25, 0.3) is 0 Å². The smallest absolute Gasteiger partial charge is 0.464 e. The first-order chi connectivity index (χ1) is 39.3. The zero-order valence-electron chi connectivity index (χ0n) is 43.3. The lowest BCUT2D eigenvalue weighted by atomic mass is 10.1. The molecule has 0 bridgehead atoms. The molecule has 0 heterocycles. The van der Waals surface area contributed by atoms with Crippen molar-refractivity contribution in [3.63, 3.8) is 0 Å². The molecule has 42 heteroatoms. The molecule has 0 radical (unpaired) electrons. The highest BCUT2D eigenvalue weighted by Crippen LogP contribution is 2.30. The first-order valence-electron chi connectivity index (χ1n) is 21.2. The molecule has 23 nitrogen and oxygen atoms in total. The Balaban J connectivity index is -0.00000108. The van der Waals surface area contributed by atoms with Gasteiger partial charge in [-0.05, 0) is 13.8 Å².